The first-order valence-corrected chi connectivity index (χ1v) is 8.40. The van der Waals surface area contributed by atoms with E-state index in [0.29, 0.717) is 24.1 Å². The third kappa shape index (κ3) is 3.13. The summed E-state index contributed by atoms with van der Waals surface area (Å²) in [5.41, 5.74) is 0.754. The van der Waals surface area contributed by atoms with Gasteiger partial charge in [-0.2, -0.15) is 0 Å². The molecule has 0 unspecified atom stereocenters. The Labute approximate surface area is 141 Å². The summed E-state index contributed by atoms with van der Waals surface area (Å²) in [6.45, 7) is 2.15. The molecule has 0 spiro atoms. The molecule has 6 nitrogen and oxygen atoms in total. The molecule has 1 atom stereocenters. The van der Waals surface area contributed by atoms with Gasteiger partial charge in [0.1, 0.15) is 6.04 Å². The van der Waals surface area contributed by atoms with E-state index in [-0.39, 0.29) is 17.9 Å². The first kappa shape index (κ1) is 16.5. The van der Waals surface area contributed by atoms with Crippen LogP contribution in [0.1, 0.15) is 46.4 Å². The van der Waals surface area contributed by atoms with Crippen molar-refractivity contribution in [3.63, 3.8) is 0 Å². The quantitative estimate of drug-likeness (QED) is 0.791. The molecule has 1 aromatic carbocycles. The lowest BCUT2D eigenvalue weighted by molar-refractivity contribution is -0.134. The van der Waals surface area contributed by atoms with Gasteiger partial charge in [-0.05, 0) is 43.9 Å². The van der Waals surface area contributed by atoms with Gasteiger partial charge in [-0.15, -0.1) is 0 Å². The number of rotatable bonds is 3. The number of carbonyl (C=O) groups is 3. The molecule has 6 heteroatoms. The molecule has 2 fully saturated rings. The highest BCUT2D eigenvalue weighted by atomic mass is 16.5. The summed E-state index contributed by atoms with van der Waals surface area (Å²) in [6, 6.07) is 6.10. The lowest BCUT2D eigenvalue weighted by Gasteiger charge is -2.28. The molecule has 2 aliphatic rings. The summed E-state index contributed by atoms with van der Waals surface area (Å²) in [5, 5.41) is 0. The Morgan fingerprint density at radius 1 is 1.04 bits per heavy atom. The van der Waals surface area contributed by atoms with Crippen LogP contribution in [-0.4, -0.2) is 60.4 Å². The molecule has 2 heterocycles. The Hall–Kier alpha value is -2.37. The first-order valence-electron chi connectivity index (χ1n) is 8.40. The number of hydrogen-bond acceptors (Lipinski definition) is 4. The lowest BCUT2D eigenvalue weighted by Crippen LogP contribution is -2.47. The number of esters is 1. The smallest absolute Gasteiger partial charge is 0.337 e. The van der Waals surface area contributed by atoms with Crippen LogP contribution in [0.4, 0.5) is 0 Å². The molecule has 2 aliphatic heterocycles. The molecule has 1 aromatic rings. The number of hydrogen-bond donors (Lipinski definition) is 0. The van der Waals surface area contributed by atoms with Crippen molar-refractivity contribution in [1.29, 1.82) is 0 Å². The normalized spacial score (nSPS) is 20.3. The first-order chi connectivity index (χ1) is 11.6. The fourth-order valence-electron chi connectivity index (χ4n) is 3.48. The van der Waals surface area contributed by atoms with Gasteiger partial charge in [-0.3, -0.25) is 9.59 Å². The molecule has 2 saturated heterocycles. The SMILES string of the molecule is COC(=O)c1cccc(C(=O)N2CCC[C@H]2C(=O)N2CCCC2)c1. The Bertz CT molecular complexity index is 652. The minimum atomic E-state index is -0.476. The van der Waals surface area contributed by atoms with E-state index in [2.05, 4.69) is 0 Å². The second kappa shape index (κ2) is 7.03. The van der Waals surface area contributed by atoms with Gasteiger partial charge in [0.25, 0.3) is 5.91 Å². The zero-order valence-electron chi connectivity index (χ0n) is 13.9. The van der Waals surface area contributed by atoms with E-state index in [9.17, 15) is 14.4 Å². The summed E-state index contributed by atoms with van der Waals surface area (Å²) in [4.78, 5) is 40.7. The number of amides is 2. The van der Waals surface area contributed by atoms with Crippen molar-refractivity contribution in [3.8, 4) is 0 Å². The maximum atomic E-state index is 12.8. The Balaban J connectivity index is 1.78. The molecule has 0 bridgehead atoms. The van der Waals surface area contributed by atoms with E-state index < -0.39 is 5.97 Å². The Morgan fingerprint density at radius 2 is 1.75 bits per heavy atom. The fraction of sp³-hybridized carbons (Fsp3) is 0.500. The summed E-state index contributed by atoms with van der Waals surface area (Å²) in [6.07, 6.45) is 3.60. The van der Waals surface area contributed by atoms with Crippen LogP contribution in [0.2, 0.25) is 0 Å². The van der Waals surface area contributed by atoms with Gasteiger partial charge in [0.05, 0.1) is 12.7 Å². The van der Waals surface area contributed by atoms with E-state index >= 15 is 0 Å². The number of methoxy groups -OCH3 is 1. The molecule has 128 valence electrons. The Kier molecular flexibility index (Phi) is 4.83. The second-order valence-electron chi connectivity index (χ2n) is 6.26. The van der Waals surface area contributed by atoms with Gasteiger partial charge in [-0.1, -0.05) is 6.07 Å². The molecular weight excluding hydrogens is 308 g/mol. The van der Waals surface area contributed by atoms with Gasteiger partial charge in [-0.25, -0.2) is 4.79 Å². The van der Waals surface area contributed by atoms with Gasteiger partial charge < -0.3 is 14.5 Å². The van der Waals surface area contributed by atoms with Crippen molar-refractivity contribution in [2.75, 3.05) is 26.7 Å². The van der Waals surface area contributed by atoms with E-state index in [0.717, 1.165) is 32.4 Å². The van der Waals surface area contributed by atoms with Crippen LogP contribution in [0, 0.1) is 0 Å². The number of nitrogens with zero attached hydrogens (tertiary/aromatic N) is 2. The van der Waals surface area contributed by atoms with Gasteiger partial charge >= 0.3 is 5.97 Å². The molecule has 2 amide bonds. The summed E-state index contributed by atoms with van der Waals surface area (Å²) in [5.74, 6) is -0.617. The zero-order valence-corrected chi connectivity index (χ0v) is 13.9. The lowest BCUT2D eigenvalue weighted by atomic mass is 10.1. The molecule has 3 rings (SSSR count). The molecule has 24 heavy (non-hydrogen) atoms. The van der Waals surface area contributed by atoms with Crippen molar-refractivity contribution >= 4 is 17.8 Å². The standard InChI is InChI=1S/C18H22N2O4/c1-24-18(23)14-7-4-6-13(12-14)16(21)20-11-5-8-15(20)17(22)19-9-2-3-10-19/h4,6-7,12,15H,2-3,5,8-11H2,1H3/t15-/m0/s1. The van der Waals surface area contributed by atoms with Crippen molar-refractivity contribution in [1.82, 2.24) is 9.80 Å². The van der Waals surface area contributed by atoms with Crippen LogP contribution >= 0.6 is 0 Å². The molecule has 0 N–H and O–H groups in total. The number of carbonyl (C=O) groups excluding carboxylic acids is 3. The predicted molar refractivity (Wildman–Crippen MR) is 87.7 cm³/mol. The maximum Gasteiger partial charge on any atom is 0.337 e. The van der Waals surface area contributed by atoms with Gasteiger partial charge in [0.2, 0.25) is 5.91 Å². The van der Waals surface area contributed by atoms with Crippen LogP contribution in [-0.2, 0) is 9.53 Å². The molecule has 0 aromatic heterocycles. The number of ether oxygens (including phenoxy) is 1. The highest BCUT2D eigenvalue weighted by molar-refractivity contribution is 6.00. The van der Waals surface area contributed by atoms with Crippen molar-refractivity contribution in [3.05, 3.63) is 35.4 Å². The van der Waals surface area contributed by atoms with Crippen LogP contribution in [0.15, 0.2) is 24.3 Å². The topological polar surface area (TPSA) is 66.9 Å². The number of likely N-dealkylation sites (tertiary alicyclic amines) is 2. The van der Waals surface area contributed by atoms with Crippen molar-refractivity contribution in [2.24, 2.45) is 0 Å². The van der Waals surface area contributed by atoms with E-state index in [4.69, 9.17) is 4.74 Å². The minimum Gasteiger partial charge on any atom is -0.465 e. The average molecular weight is 330 g/mol. The second-order valence-corrected chi connectivity index (χ2v) is 6.26. The van der Waals surface area contributed by atoms with E-state index in [1.165, 1.54) is 13.2 Å². The monoisotopic (exact) mass is 330 g/mol. The third-order valence-electron chi connectivity index (χ3n) is 4.75. The van der Waals surface area contributed by atoms with Crippen molar-refractivity contribution < 1.29 is 19.1 Å². The molecule has 0 saturated carbocycles. The van der Waals surface area contributed by atoms with Gasteiger partial charge in [0.15, 0.2) is 0 Å². The summed E-state index contributed by atoms with van der Waals surface area (Å²) < 4.78 is 4.70. The van der Waals surface area contributed by atoms with Gasteiger partial charge in [0, 0.05) is 25.2 Å². The van der Waals surface area contributed by atoms with E-state index in [1.807, 2.05) is 4.90 Å². The largest absolute Gasteiger partial charge is 0.465 e. The predicted octanol–water partition coefficient (Wildman–Crippen LogP) is 1.70. The molecular formula is C18H22N2O4. The third-order valence-corrected chi connectivity index (χ3v) is 4.75. The van der Waals surface area contributed by atoms with Crippen molar-refractivity contribution in [2.45, 2.75) is 31.7 Å². The van der Waals surface area contributed by atoms with Crippen LogP contribution in [0.3, 0.4) is 0 Å². The van der Waals surface area contributed by atoms with Crippen LogP contribution in [0.5, 0.6) is 0 Å². The number of benzene rings is 1. The summed E-state index contributed by atoms with van der Waals surface area (Å²) >= 11 is 0. The molecule has 0 aliphatic carbocycles. The zero-order chi connectivity index (χ0) is 17.1. The van der Waals surface area contributed by atoms with Crippen LogP contribution < -0.4 is 0 Å². The van der Waals surface area contributed by atoms with E-state index in [1.54, 1.807) is 23.1 Å². The molecule has 0 radical (unpaired) electrons. The highest BCUT2D eigenvalue weighted by Crippen LogP contribution is 2.24. The minimum absolute atomic E-state index is 0.0578. The Morgan fingerprint density at radius 3 is 2.46 bits per heavy atom. The highest BCUT2D eigenvalue weighted by Gasteiger charge is 2.37. The van der Waals surface area contributed by atoms with Crippen LogP contribution in [0.25, 0.3) is 0 Å². The maximum absolute atomic E-state index is 12.8. The average Bonchev–Trinajstić information content (AvgIpc) is 3.31. The fourth-order valence-corrected chi connectivity index (χ4v) is 3.48. The summed E-state index contributed by atoms with van der Waals surface area (Å²) in [7, 11) is 1.31.